The van der Waals surface area contributed by atoms with Gasteiger partial charge >= 0.3 is 0 Å². The lowest BCUT2D eigenvalue weighted by atomic mass is 10.1. The predicted octanol–water partition coefficient (Wildman–Crippen LogP) is 2.68. The molecule has 31 heavy (non-hydrogen) atoms. The van der Waals surface area contributed by atoms with Crippen LogP contribution in [0.2, 0.25) is 0 Å². The normalized spacial score (nSPS) is 18.3. The first kappa shape index (κ1) is 21.8. The van der Waals surface area contributed by atoms with Crippen LogP contribution in [-0.2, 0) is 10.0 Å². The van der Waals surface area contributed by atoms with Gasteiger partial charge in [0.05, 0.1) is 11.5 Å². The second-order valence-electron chi connectivity index (χ2n) is 8.01. The van der Waals surface area contributed by atoms with Gasteiger partial charge in [-0.05, 0) is 57.4 Å². The molecule has 0 saturated carbocycles. The first-order valence-electron chi connectivity index (χ1n) is 11.1. The fourth-order valence-electron chi connectivity index (χ4n) is 4.12. The first-order chi connectivity index (χ1) is 15.0. The van der Waals surface area contributed by atoms with Crippen molar-refractivity contribution in [2.45, 2.75) is 38.0 Å². The number of anilines is 2. The lowest BCUT2D eigenvalue weighted by Crippen LogP contribution is -2.49. The molecule has 1 aromatic carbocycles. The smallest absolute Gasteiger partial charge is 0.243 e. The van der Waals surface area contributed by atoms with E-state index in [-0.39, 0.29) is 0 Å². The summed E-state index contributed by atoms with van der Waals surface area (Å²) in [5, 5.41) is 0. The average Bonchev–Trinajstić information content (AvgIpc) is 2.80. The number of hydrogen-bond donors (Lipinski definition) is 0. The summed E-state index contributed by atoms with van der Waals surface area (Å²) >= 11 is 0. The third-order valence-electron chi connectivity index (χ3n) is 5.80. The quantitative estimate of drug-likeness (QED) is 0.676. The van der Waals surface area contributed by atoms with Crippen LogP contribution in [0.5, 0.6) is 5.75 Å². The summed E-state index contributed by atoms with van der Waals surface area (Å²) in [7, 11) is -3.53. The van der Waals surface area contributed by atoms with Crippen molar-refractivity contribution in [3.05, 3.63) is 36.0 Å². The van der Waals surface area contributed by atoms with Crippen molar-refractivity contribution >= 4 is 21.8 Å². The van der Waals surface area contributed by atoms with Crippen LogP contribution in [-0.4, -0.2) is 68.6 Å². The molecule has 9 heteroatoms. The van der Waals surface area contributed by atoms with Crippen LogP contribution >= 0.6 is 0 Å². The van der Waals surface area contributed by atoms with E-state index in [0.717, 1.165) is 24.6 Å². The third-order valence-corrected chi connectivity index (χ3v) is 7.72. The van der Waals surface area contributed by atoms with Gasteiger partial charge in [0, 0.05) is 51.0 Å². The fraction of sp³-hybridized carbons (Fsp3) is 0.545. The maximum absolute atomic E-state index is 13.0. The number of nitrogens with zero attached hydrogens (tertiary/aromatic N) is 5. The van der Waals surface area contributed by atoms with E-state index in [1.54, 1.807) is 28.6 Å². The van der Waals surface area contributed by atoms with Crippen molar-refractivity contribution in [3.8, 4) is 5.75 Å². The maximum Gasteiger partial charge on any atom is 0.243 e. The molecule has 1 aromatic heterocycles. The molecule has 0 atom stereocenters. The Morgan fingerprint density at radius 1 is 0.903 bits per heavy atom. The van der Waals surface area contributed by atoms with E-state index >= 15 is 0 Å². The molecule has 0 bridgehead atoms. The number of piperazine rings is 1. The number of benzene rings is 1. The van der Waals surface area contributed by atoms with E-state index in [9.17, 15) is 8.42 Å². The summed E-state index contributed by atoms with van der Waals surface area (Å²) in [4.78, 5) is 14.2. The molecule has 168 valence electrons. The zero-order valence-corrected chi connectivity index (χ0v) is 19.1. The minimum atomic E-state index is -3.53. The van der Waals surface area contributed by atoms with E-state index in [0.29, 0.717) is 49.4 Å². The summed E-state index contributed by atoms with van der Waals surface area (Å²) in [5.41, 5.74) is 0.940. The molecule has 0 unspecified atom stereocenters. The standard InChI is InChI=1S/C22H31N5O3S/c1-3-30-19-7-9-20(10-8-19)31(28,29)27-15-13-26(14-16-27)22-23-18(2)17-21(24-22)25-11-5-4-6-12-25/h7-10,17H,3-6,11-16H2,1-2H3. The highest BCUT2D eigenvalue weighted by atomic mass is 32.2. The number of aromatic nitrogens is 2. The van der Waals surface area contributed by atoms with E-state index in [1.807, 2.05) is 19.9 Å². The summed E-state index contributed by atoms with van der Waals surface area (Å²) in [6.45, 7) is 8.46. The van der Waals surface area contributed by atoms with Crippen LogP contribution < -0.4 is 14.5 Å². The number of sulfonamides is 1. The van der Waals surface area contributed by atoms with Crippen molar-refractivity contribution in [2.75, 3.05) is 55.7 Å². The van der Waals surface area contributed by atoms with Crippen LogP contribution in [0.25, 0.3) is 0 Å². The van der Waals surface area contributed by atoms with Crippen molar-refractivity contribution in [3.63, 3.8) is 0 Å². The molecule has 8 nitrogen and oxygen atoms in total. The number of aryl methyl sites for hydroxylation is 1. The third kappa shape index (κ3) is 4.93. The molecule has 2 aromatic rings. The van der Waals surface area contributed by atoms with Gasteiger partial charge in [0.25, 0.3) is 0 Å². The van der Waals surface area contributed by atoms with Crippen LogP contribution in [0.3, 0.4) is 0 Å². The highest BCUT2D eigenvalue weighted by Gasteiger charge is 2.29. The molecule has 2 aliphatic heterocycles. The molecule has 2 aliphatic rings. The van der Waals surface area contributed by atoms with Crippen molar-refractivity contribution in [1.29, 1.82) is 0 Å². The molecule has 0 spiro atoms. The Bertz CT molecular complexity index is 983. The van der Waals surface area contributed by atoms with Gasteiger partial charge in [-0.1, -0.05) is 0 Å². The molecular weight excluding hydrogens is 414 g/mol. The molecule has 0 aliphatic carbocycles. The Labute approximate surface area is 184 Å². The van der Waals surface area contributed by atoms with Crippen LogP contribution in [0.1, 0.15) is 31.9 Å². The SMILES string of the molecule is CCOc1ccc(S(=O)(=O)N2CCN(c3nc(C)cc(N4CCCCC4)n3)CC2)cc1. The zero-order chi connectivity index (χ0) is 21.8. The van der Waals surface area contributed by atoms with Gasteiger partial charge in [0.2, 0.25) is 16.0 Å². The summed E-state index contributed by atoms with van der Waals surface area (Å²) in [5.74, 6) is 2.35. The number of ether oxygens (including phenoxy) is 1. The zero-order valence-electron chi connectivity index (χ0n) is 18.3. The van der Waals surface area contributed by atoms with Crippen molar-refractivity contribution in [2.24, 2.45) is 0 Å². The summed E-state index contributed by atoms with van der Waals surface area (Å²) < 4.78 is 33.0. The molecular formula is C22H31N5O3S. The minimum absolute atomic E-state index is 0.295. The second-order valence-corrected chi connectivity index (χ2v) is 9.95. The summed E-state index contributed by atoms with van der Waals surface area (Å²) in [6.07, 6.45) is 3.67. The highest BCUT2D eigenvalue weighted by molar-refractivity contribution is 7.89. The lowest BCUT2D eigenvalue weighted by molar-refractivity contribution is 0.340. The maximum atomic E-state index is 13.0. The van der Waals surface area contributed by atoms with Crippen LogP contribution in [0, 0.1) is 6.92 Å². The molecule has 2 fully saturated rings. The van der Waals surface area contributed by atoms with E-state index < -0.39 is 10.0 Å². The Morgan fingerprint density at radius 2 is 1.58 bits per heavy atom. The molecule has 0 N–H and O–H groups in total. The van der Waals surface area contributed by atoms with Gasteiger partial charge in [0.15, 0.2) is 0 Å². The largest absolute Gasteiger partial charge is 0.494 e. The second kappa shape index (κ2) is 9.40. The summed E-state index contributed by atoms with van der Waals surface area (Å²) in [6, 6.07) is 8.68. The van der Waals surface area contributed by atoms with Gasteiger partial charge in [-0.25, -0.2) is 13.4 Å². The van der Waals surface area contributed by atoms with Gasteiger partial charge in [-0.2, -0.15) is 9.29 Å². The molecule has 0 amide bonds. The van der Waals surface area contributed by atoms with Crippen molar-refractivity contribution < 1.29 is 13.2 Å². The number of piperidine rings is 1. The molecule has 2 saturated heterocycles. The fourth-order valence-corrected chi connectivity index (χ4v) is 5.54. The highest BCUT2D eigenvalue weighted by Crippen LogP contribution is 2.24. The van der Waals surface area contributed by atoms with Crippen molar-refractivity contribution in [1.82, 2.24) is 14.3 Å². The predicted molar refractivity (Wildman–Crippen MR) is 121 cm³/mol. The van der Waals surface area contributed by atoms with Gasteiger partial charge in [-0.15, -0.1) is 0 Å². The molecule has 0 radical (unpaired) electrons. The monoisotopic (exact) mass is 445 g/mol. The van der Waals surface area contributed by atoms with Gasteiger partial charge in [-0.3, -0.25) is 0 Å². The van der Waals surface area contributed by atoms with Gasteiger partial charge in [0.1, 0.15) is 11.6 Å². The Balaban J connectivity index is 1.44. The topological polar surface area (TPSA) is 78.9 Å². The van der Waals surface area contributed by atoms with Crippen LogP contribution in [0.4, 0.5) is 11.8 Å². The number of hydrogen-bond acceptors (Lipinski definition) is 7. The Kier molecular flexibility index (Phi) is 6.62. The minimum Gasteiger partial charge on any atom is -0.494 e. The Morgan fingerprint density at radius 3 is 2.23 bits per heavy atom. The van der Waals surface area contributed by atoms with Crippen LogP contribution in [0.15, 0.2) is 35.2 Å². The van der Waals surface area contributed by atoms with E-state index in [1.165, 1.54) is 19.3 Å². The van der Waals surface area contributed by atoms with E-state index in [2.05, 4.69) is 14.8 Å². The van der Waals surface area contributed by atoms with E-state index in [4.69, 9.17) is 9.72 Å². The lowest BCUT2D eigenvalue weighted by Gasteiger charge is -2.35. The Hall–Kier alpha value is -2.39. The molecule has 4 rings (SSSR count). The van der Waals surface area contributed by atoms with Gasteiger partial charge < -0.3 is 14.5 Å². The number of rotatable bonds is 6. The average molecular weight is 446 g/mol. The first-order valence-corrected chi connectivity index (χ1v) is 12.5. The molecule has 3 heterocycles.